The highest BCUT2D eigenvalue weighted by molar-refractivity contribution is 5.86. The third-order valence-electron chi connectivity index (χ3n) is 1.31. The van der Waals surface area contributed by atoms with Gasteiger partial charge in [-0.05, 0) is 12.1 Å². The van der Waals surface area contributed by atoms with Gasteiger partial charge in [-0.25, -0.2) is 4.79 Å². The van der Waals surface area contributed by atoms with Gasteiger partial charge in [-0.3, -0.25) is 0 Å². The Labute approximate surface area is 93.2 Å². The lowest BCUT2D eigenvalue weighted by atomic mass is 10.3. The molecular weight excluding hydrogens is 234 g/mol. The summed E-state index contributed by atoms with van der Waals surface area (Å²) in [7, 11) is 0. The zero-order valence-corrected chi connectivity index (χ0v) is 8.79. The molecule has 0 radical (unpaired) electrons. The minimum atomic E-state index is -0.402. The van der Waals surface area contributed by atoms with Crippen LogP contribution >= 0.6 is 37.2 Å². The Bertz CT molecular complexity index is 367. The van der Waals surface area contributed by atoms with Gasteiger partial charge >= 0.3 is 6.03 Å². The predicted molar refractivity (Wildman–Crippen MR) is 55.9 cm³/mol. The zero-order chi connectivity index (χ0) is 6.97. The molecule has 0 atom stereocenters. The summed E-state index contributed by atoms with van der Waals surface area (Å²) >= 11 is 0. The molecule has 0 saturated carbocycles. The van der Waals surface area contributed by atoms with Gasteiger partial charge in [0.1, 0.15) is 0 Å². The van der Waals surface area contributed by atoms with E-state index in [2.05, 4.69) is 9.98 Å². The number of benzene rings is 1. The summed E-state index contributed by atoms with van der Waals surface area (Å²) in [5.74, 6) is 0. The monoisotopic (exact) mass is 240 g/mol. The van der Waals surface area contributed by atoms with Crippen molar-refractivity contribution < 1.29 is 4.79 Å². The first-order chi connectivity index (χ1) is 4.86. The lowest BCUT2D eigenvalue weighted by Crippen LogP contribution is -2.19. The molecule has 1 aliphatic rings. The van der Waals surface area contributed by atoms with E-state index in [1.54, 1.807) is 12.1 Å². The fourth-order valence-corrected chi connectivity index (χ4v) is 0.884. The maximum atomic E-state index is 10.6. The van der Waals surface area contributed by atoms with Crippen LogP contribution in [0.5, 0.6) is 0 Å². The number of urea groups is 1. The first-order valence-electron chi connectivity index (χ1n) is 2.93. The second kappa shape index (κ2) is 5.91. The minimum absolute atomic E-state index is 0. The van der Waals surface area contributed by atoms with Gasteiger partial charge in [-0.15, -0.1) is 37.2 Å². The van der Waals surface area contributed by atoms with Crippen LogP contribution < -0.4 is 10.7 Å². The Balaban J connectivity index is 0. The molecular formula is C7H7Cl3N2O. The summed E-state index contributed by atoms with van der Waals surface area (Å²) in [5, 5.41) is 1.35. The van der Waals surface area contributed by atoms with E-state index in [0.717, 1.165) is 0 Å². The Morgan fingerprint density at radius 2 is 1.23 bits per heavy atom. The summed E-state index contributed by atoms with van der Waals surface area (Å²) < 4.78 is 0. The van der Waals surface area contributed by atoms with Crippen molar-refractivity contribution in [2.75, 3.05) is 0 Å². The number of nitrogens with zero attached hydrogens (tertiary/aromatic N) is 2. The molecule has 3 nitrogen and oxygen atoms in total. The number of amides is 2. The molecule has 1 aliphatic heterocycles. The van der Waals surface area contributed by atoms with E-state index in [9.17, 15) is 4.79 Å². The van der Waals surface area contributed by atoms with Gasteiger partial charge in [-0.2, -0.15) is 9.98 Å². The van der Waals surface area contributed by atoms with Crippen molar-refractivity contribution in [1.29, 1.82) is 0 Å². The van der Waals surface area contributed by atoms with Crippen molar-refractivity contribution in [3.8, 4) is 0 Å². The molecule has 1 heterocycles. The number of hydrogen-bond donors (Lipinski definition) is 0. The second-order valence-corrected chi connectivity index (χ2v) is 1.99. The first-order valence-corrected chi connectivity index (χ1v) is 2.93. The van der Waals surface area contributed by atoms with Crippen molar-refractivity contribution >= 4 is 43.3 Å². The average molecular weight is 242 g/mol. The molecule has 2 amide bonds. The fraction of sp³-hybridized carbons (Fsp3) is 0. The minimum Gasteiger partial charge on any atom is -0.244 e. The van der Waals surface area contributed by atoms with Gasteiger partial charge in [0.25, 0.3) is 0 Å². The van der Waals surface area contributed by atoms with Crippen LogP contribution in [0, 0.1) is 0 Å². The van der Waals surface area contributed by atoms with E-state index >= 15 is 0 Å². The highest BCUT2D eigenvalue weighted by Gasteiger charge is 2.01. The standard InChI is InChI=1S/C7H4N2O.3ClH/c10-7-8-5-3-1-2-4-6(5)9-7;;;/h1-4H;3*1H. The molecule has 0 bridgehead atoms. The molecule has 1 aromatic carbocycles. The highest BCUT2D eigenvalue weighted by Crippen LogP contribution is 1.82. The molecule has 13 heavy (non-hydrogen) atoms. The zero-order valence-electron chi connectivity index (χ0n) is 6.34. The van der Waals surface area contributed by atoms with Gasteiger partial charge in [0.2, 0.25) is 0 Å². The van der Waals surface area contributed by atoms with Gasteiger partial charge in [0, 0.05) is 0 Å². The Kier molecular flexibility index (Phi) is 6.76. The summed E-state index contributed by atoms with van der Waals surface area (Å²) in [6.07, 6.45) is 0. The number of fused-ring (bicyclic) bond motifs is 1. The first kappa shape index (κ1) is 14.9. The maximum absolute atomic E-state index is 10.6. The third-order valence-corrected chi connectivity index (χ3v) is 1.31. The van der Waals surface area contributed by atoms with Crippen molar-refractivity contribution in [1.82, 2.24) is 0 Å². The fourth-order valence-electron chi connectivity index (χ4n) is 0.884. The van der Waals surface area contributed by atoms with E-state index < -0.39 is 6.03 Å². The normalized spacial score (nSPS) is 10.6. The van der Waals surface area contributed by atoms with Crippen molar-refractivity contribution in [2.45, 2.75) is 0 Å². The van der Waals surface area contributed by atoms with Crippen LogP contribution in [0.4, 0.5) is 4.79 Å². The van der Waals surface area contributed by atoms with E-state index in [-0.39, 0.29) is 37.2 Å². The number of halogens is 3. The van der Waals surface area contributed by atoms with Crippen LogP contribution in [0.15, 0.2) is 34.3 Å². The number of carbonyl (C=O) groups is 1. The van der Waals surface area contributed by atoms with Crippen molar-refractivity contribution in [3.05, 3.63) is 35.0 Å². The van der Waals surface area contributed by atoms with Gasteiger partial charge in [0.15, 0.2) is 0 Å². The summed E-state index contributed by atoms with van der Waals surface area (Å²) in [5.41, 5.74) is 0. The van der Waals surface area contributed by atoms with E-state index in [1.165, 1.54) is 0 Å². The number of carbonyl (C=O) groups excluding carboxylic acids is 1. The quantitative estimate of drug-likeness (QED) is 0.675. The predicted octanol–water partition coefficient (Wildman–Crippen LogP) is 1.32. The smallest absolute Gasteiger partial charge is 0.244 e. The van der Waals surface area contributed by atoms with Crippen LogP contribution in [-0.4, -0.2) is 6.03 Å². The molecule has 0 saturated heterocycles. The molecule has 0 spiro atoms. The second-order valence-electron chi connectivity index (χ2n) is 1.99. The summed E-state index contributed by atoms with van der Waals surface area (Å²) in [6.45, 7) is 0. The molecule has 0 fully saturated rings. The molecule has 72 valence electrons. The number of para-hydroxylation sites is 2. The molecule has 0 aromatic heterocycles. The largest absolute Gasteiger partial charge is 0.368 e. The van der Waals surface area contributed by atoms with E-state index in [1.807, 2.05) is 12.1 Å². The number of rotatable bonds is 0. The summed E-state index contributed by atoms with van der Waals surface area (Å²) in [4.78, 5) is 17.9. The van der Waals surface area contributed by atoms with Gasteiger partial charge in [0.05, 0.1) is 10.7 Å². The van der Waals surface area contributed by atoms with E-state index in [4.69, 9.17) is 0 Å². The third kappa shape index (κ3) is 2.95. The Hall–Kier alpha value is -0.640. The van der Waals surface area contributed by atoms with Crippen molar-refractivity contribution in [3.63, 3.8) is 0 Å². The van der Waals surface area contributed by atoms with Gasteiger partial charge in [-0.1, -0.05) is 12.1 Å². The van der Waals surface area contributed by atoms with Gasteiger partial charge < -0.3 is 0 Å². The van der Waals surface area contributed by atoms with Crippen LogP contribution in [0.1, 0.15) is 0 Å². The van der Waals surface area contributed by atoms with Crippen LogP contribution in [-0.2, 0) is 0 Å². The molecule has 2 rings (SSSR count). The molecule has 0 N–H and O–H groups in total. The highest BCUT2D eigenvalue weighted by atomic mass is 35.5. The maximum Gasteiger partial charge on any atom is 0.368 e. The van der Waals surface area contributed by atoms with Crippen molar-refractivity contribution in [2.24, 2.45) is 9.98 Å². The van der Waals surface area contributed by atoms with Crippen LogP contribution in [0.2, 0.25) is 0 Å². The summed E-state index contributed by atoms with van der Waals surface area (Å²) in [6, 6.07) is 6.79. The topological polar surface area (TPSA) is 41.8 Å². The Morgan fingerprint density at radius 3 is 1.62 bits per heavy atom. The lowest BCUT2D eigenvalue weighted by molar-refractivity contribution is 0.256. The average Bonchev–Trinajstić information content (AvgIpc) is 2.27. The number of hydrogen-bond acceptors (Lipinski definition) is 1. The SMILES string of the molecule is Cl.Cl.Cl.O=C1N=c2ccccc2=N1. The molecule has 1 aromatic rings. The molecule has 0 aliphatic carbocycles. The molecule has 0 unspecified atom stereocenters. The molecule has 6 heteroatoms. The van der Waals surface area contributed by atoms with E-state index in [0.29, 0.717) is 10.7 Å². The van der Waals surface area contributed by atoms with Crippen LogP contribution in [0.25, 0.3) is 0 Å². The van der Waals surface area contributed by atoms with Crippen LogP contribution in [0.3, 0.4) is 0 Å². The Morgan fingerprint density at radius 1 is 0.846 bits per heavy atom. The lowest BCUT2D eigenvalue weighted by Gasteiger charge is -1.75.